The number of fused-ring (bicyclic) bond motifs is 1. The van der Waals surface area contributed by atoms with Crippen LogP contribution in [0.2, 0.25) is 0 Å². The Bertz CT molecular complexity index is 512. The van der Waals surface area contributed by atoms with Crippen LogP contribution in [0.1, 0.15) is 49.0 Å². The van der Waals surface area contributed by atoms with Crippen molar-refractivity contribution in [3.8, 4) is 0 Å². The van der Waals surface area contributed by atoms with Crippen molar-refractivity contribution >= 4 is 11.6 Å². The van der Waals surface area contributed by atoms with Gasteiger partial charge in [-0.1, -0.05) is 26.3 Å². The van der Waals surface area contributed by atoms with Gasteiger partial charge in [0.2, 0.25) is 0 Å². The van der Waals surface area contributed by atoms with Crippen LogP contribution in [0.5, 0.6) is 0 Å². The van der Waals surface area contributed by atoms with E-state index >= 15 is 0 Å². The van der Waals surface area contributed by atoms with Crippen molar-refractivity contribution in [2.24, 2.45) is 11.8 Å². The molecule has 0 saturated heterocycles. The Morgan fingerprint density at radius 1 is 1.40 bits per heavy atom. The third-order valence-electron chi connectivity index (χ3n) is 5.15. The summed E-state index contributed by atoms with van der Waals surface area (Å²) in [6.45, 7) is 5.51. The second-order valence-electron chi connectivity index (χ2n) is 6.23. The first kappa shape index (κ1) is 13.5. The van der Waals surface area contributed by atoms with Gasteiger partial charge in [-0.15, -0.1) is 0 Å². The molecule has 20 heavy (non-hydrogen) atoms. The van der Waals surface area contributed by atoms with Gasteiger partial charge in [-0.05, 0) is 48.8 Å². The van der Waals surface area contributed by atoms with E-state index in [4.69, 9.17) is 0 Å². The van der Waals surface area contributed by atoms with Crippen molar-refractivity contribution in [2.75, 3.05) is 11.9 Å². The quantitative estimate of drug-likeness (QED) is 0.887. The summed E-state index contributed by atoms with van der Waals surface area (Å²) in [6.07, 6.45) is 4.65. The van der Waals surface area contributed by atoms with Gasteiger partial charge in [-0.2, -0.15) is 0 Å². The second kappa shape index (κ2) is 5.47. The molecular formula is C17H24N2O. The van der Waals surface area contributed by atoms with Gasteiger partial charge >= 0.3 is 0 Å². The van der Waals surface area contributed by atoms with Crippen molar-refractivity contribution in [1.29, 1.82) is 0 Å². The maximum absolute atomic E-state index is 12.4. The van der Waals surface area contributed by atoms with E-state index in [0.717, 1.165) is 36.6 Å². The number of hydrogen-bond acceptors (Lipinski definition) is 2. The zero-order chi connectivity index (χ0) is 14.1. The summed E-state index contributed by atoms with van der Waals surface area (Å²) >= 11 is 0. The summed E-state index contributed by atoms with van der Waals surface area (Å²) < 4.78 is 0. The fourth-order valence-electron chi connectivity index (χ4n) is 3.71. The third kappa shape index (κ3) is 2.41. The van der Waals surface area contributed by atoms with E-state index in [-0.39, 0.29) is 5.91 Å². The van der Waals surface area contributed by atoms with Crippen molar-refractivity contribution in [1.82, 2.24) is 5.32 Å². The minimum Gasteiger partial charge on any atom is -0.384 e. The van der Waals surface area contributed by atoms with E-state index in [1.54, 1.807) is 0 Å². The molecule has 3 nitrogen and oxygen atoms in total. The fraction of sp³-hybridized carbons (Fsp3) is 0.588. The van der Waals surface area contributed by atoms with Crippen LogP contribution in [0, 0.1) is 11.8 Å². The molecule has 1 aliphatic heterocycles. The Balaban J connectivity index is 1.68. The van der Waals surface area contributed by atoms with Crippen LogP contribution in [-0.4, -0.2) is 18.5 Å². The molecule has 1 aromatic carbocycles. The minimum atomic E-state index is 0.0788. The van der Waals surface area contributed by atoms with Crippen molar-refractivity contribution < 1.29 is 4.79 Å². The molecule has 0 bridgehead atoms. The van der Waals surface area contributed by atoms with Crippen LogP contribution in [-0.2, 0) is 6.42 Å². The van der Waals surface area contributed by atoms with Crippen LogP contribution in [0.3, 0.4) is 0 Å². The number of amides is 1. The Kier molecular flexibility index (Phi) is 3.68. The second-order valence-corrected chi connectivity index (χ2v) is 6.23. The Hall–Kier alpha value is -1.51. The zero-order valence-electron chi connectivity index (χ0n) is 12.4. The molecule has 2 aliphatic rings. The summed E-state index contributed by atoms with van der Waals surface area (Å²) in [6, 6.07) is 6.37. The van der Waals surface area contributed by atoms with Crippen LogP contribution in [0.25, 0.3) is 0 Å². The first-order chi connectivity index (χ1) is 9.69. The SMILES string of the molecule is CCC1CCC(NC(=O)c2ccc3c(c2)NCC3)C1C. The van der Waals surface area contributed by atoms with E-state index in [1.165, 1.54) is 18.4 Å². The van der Waals surface area contributed by atoms with Gasteiger partial charge in [0, 0.05) is 23.8 Å². The first-order valence-corrected chi connectivity index (χ1v) is 7.86. The van der Waals surface area contributed by atoms with Crippen LogP contribution in [0.15, 0.2) is 18.2 Å². The smallest absolute Gasteiger partial charge is 0.251 e. The lowest BCUT2D eigenvalue weighted by Gasteiger charge is -2.21. The van der Waals surface area contributed by atoms with E-state index in [9.17, 15) is 4.79 Å². The van der Waals surface area contributed by atoms with Crippen molar-refractivity contribution in [3.05, 3.63) is 29.3 Å². The lowest BCUT2D eigenvalue weighted by atomic mass is 9.93. The predicted molar refractivity (Wildman–Crippen MR) is 82.1 cm³/mol. The zero-order valence-corrected chi connectivity index (χ0v) is 12.4. The number of nitrogens with one attached hydrogen (secondary N) is 2. The fourth-order valence-corrected chi connectivity index (χ4v) is 3.71. The Morgan fingerprint density at radius 2 is 2.25 bits per heavy atom. The number of anilines is 1. The molecule has 3 rings (SSSR count). The highest BCUT2D eigenvalue weighted by molar-refractivity contribution is 5.95. The molecule has 3 atom stereocenters. The summed E-state index contributed by atoms with van der Waals surface area (Å²) in [4.78, 5) is 12.4. The number of carbonyl (C=O) groups excluding carboxylic acids is 1. The van der Waals surface area contributed by atoms with Gasteiger partial charge in [-0.3, -0.25) is 4.79 Å². The molecule has 108 valence electrons. The molecule has 3 heteroatoms. The van der Waals surface area contributed by atoms with Crippen LogP contribution >= 0.6 is 0 Å². The number of carbonyl (C=O) groups is 1. The summed E-state index contributed by atoms with van der Waals surface area (Å²) in [5.74, 6) is 1.44. The number of benzene rings is 1. The van der Waals surface area contributed by atoms with Gasteiger partial charge in [0.1, 0.15) is 0 Å². The van der Waals surface area contributed by atoms with E-state index < -0.39 is 0 Å². The van der Waals surface area contributed by atoms with Gasteiger partial charge in [0.25, 0.3) is 5.91 Å². The first-order valence-electron chi connectivity index (χ1n) is 7.86. The normalized spacial score (nSPS) is 28.0. The molecule has 1 heterocycles. The summed E-state index contributed by atoms with van der Waals surface area (Å²) in [5, 5.41) is 6.57. The largest absolute Gasteiger partial charge is 0.384 e. The van der Waals surface area contributed by atoms with Crippen LogP contribution in [0.4, 0.5) is 5.69 Å². The highest BCUT2D eigenvalue weighted by atomic mass is 16.1. The average Bonchev–Trinajstić information content (AvgIpc) is 3.05. The standard InChI is InChI=1S/C17H24N2O/c1-3-12-6-7-15(11(12)2)19-17(20)14-5-4-13-8-9-18-16(13)10-14/h4-5,10-12,15,18H,3,6-9H2,1-2H3,(H,19,20). The summed E-state index contributed by atoms with van der Waals surface area (Å²) in [7, 11) is 0. The molecule has 1 amide bonds. The molecule has 1 aliphatic carbocycles. The van der Waals surface area contributed by atoms with Crippen LogP contribution < -0.4 is 10.6 Å². The highest BCUT2D eigenvalue weighted by Crippen LogP contribution is 2.34. The van der Waals surface area contributed by atoms with Gasteiger partial charge < -0.3 is 10.6 Å². The lowest BCUT2D eigenvalue weighted by molar-refractivity contribution is 0.0926. The maximum Gasteiger partial charge on any atom is 0.251 e. The maximum atomic E-state index is 12.4. The van der Waals surface area contributed by atoms with E-state index in [1.807, 2.05) is 12.1 Å². The van der Waals surface area contributed by atoms with Crippen molar-refractivity contribution in [2.45, 2.75) is 45.6 Å². The Labute approximate surface area is 121 Å². The van der Waals surface area contributed by atoms with Gasteiger partial charge in [0.05, 0.1) is 0 Å². The molecular weight excluding hydrogens is 248 g/mol. The molecule has 0 radical (unpaired) electrons. The molecule has 1 saturated carbocycles. The monoisotopic (exact) mass is 272 g/mol. The average molecular weight is 272 g/mol. The predicted octanol–water partition coefficient (Wildman–Crippen LogP) is 3.21. The molecule has 1 aromatic rings. The molecule has 0 spiro atoms. The molecule has 2 N–H and O–H groups in total. The van der Waals surface area contributed by atoms with Gasteiger partial charge in [-0.25, -0.2) is 0 Å². The minimum absolute atomic E-state index is 0.0788. The highest BCUT2D eigenvalue weighted by Gasteiger charge is 2.32. The third-order valence-corrected chi connectivity index (χ3v) is 5.15. The number of hydrogen-bond donors (Lipinski definition) is 2. The van der Waals surface area contributed by atoms with E-state index in [2.05, 4.69) is 30.5 Å². The summed E-state index contributed by atoms with van der Waals surface area (Å²) in [5.41, 5.74) is 3.23. The lowest BCUT2D eigenvalue weighted by Crippen LogP contribution is -2.37. The molecule has 3 unspecified atom stereocenters. The number of rotatable bonds is 3. The van der Waals surface area contributed by atoms with Crippen molar-refractivity contribution in [3.63, 3.8) is 0 Å². The Morgan fingerprint density at radius 3 is 3.00 bits per heavy atom. The topological polar surface area (TPSA) is 41.1 Å². The van der Waals surface area contributed by atoms with Gasteiger partial charge in [0.15, 0.2) is 0 Å². The van der Waals surface area contributed by atoms with E-state index in [0.29, 0.717) is 12.0 Å². The molecule has 1 fully saturated rings. The molecule has 0 aromatic heterocycles.